The van der Waals surface area contributed by atoms with Gasteiger partial charge in [-0.05, 0) is 56.8 Å². The topological polar surface area (TPSA) is 46.3 Å². The summed E-state index contributed by atoms with van der Waals surface area (Å²) in [5.74, 6) is 0.0652. The highest BCUT2D eigenvalue weighted by atomic mass is 79.9. The van der Waals surface area contributed by atoms with Gasteiger partial charge in [-0.2, -0.15) is 0 Å². The molecular weight excluding hydrogens is 380 g/mol. The van der Waals surface area contributed by atoms with Gasteiger partial charge in [0.1, 0.15) is 0 Å². The zero-order chi connectivity index (χ0) is 13.9. The van der Waals surface area contributed by atoms with Gasteiger partial charge in [0.25, 0.3) is 5.91 Å². The highest BCUT2D eigenvalue weighted by Gasteiger charge is 2.24. The van der Waals surface area contributed by atoms with Crippen LogP contribution < -0.4 is 5.73 Å². The maximum absolute atomic E-state index is 12.4. The quantitative estimate of drug-likeness (QED) is 0.822. The standard InChI is InChI=1S/C12H18Br2N2OS/c1-4-16(7-12(2,3)6-15)11(17)9-5-8(13)10(14)18-9/h5H,4,6-7,15H2,1-3H3. The van der Waals surface area contributed by atoms with Crippen molar-refractivity contribution < 1.29 is 4.79 Å². The average molecular weight is 398 g/mol. The Bertz CT molecular complexity index is 412. The van der Waals surface area contributed by atoms with Gasteiger partial charge in [0.2, 0.25) is 0 Å². The third-order valence-corrected chi connectivity index (χ3v) is 5.94. The minimum absolute atomic E-state index is 0.0581. The van der Waals surface area contributed by atoms with E-state index in [1.165, 1.54) is 11.3 Å². The van der Waals surface area contributed by atoms with E-state index in [0.29, 0.717) is 19.6 Å². The molecule has 0 saturated carbocycles. The number of thiophene rings is 1. The lowest BCUT2D eigenvalue weighted by Crippen LogP contribution is -2.41. The van der Waals surface area contributed by atoms with Gasteiger partial charge >= 0.3 is 0 Å². The molecule has 1 amide bonds. The van der Waals surface area contributed by atoms with E-state index >= 15 is 0 Å². The van der Waals surface area contributed by atoms with Gasteiger partial charge in [-0.1, -0.05) is 13.8 Å². The van der Waals surface area contributed by atoms with E-state index in [9.17, 15) is 4.79 Å². The Morgan fingerprint density at radius 3 is 2.50 bits per heavy atom. The summed E-state index contributed by atoms with van der Waals surface area (Å²) < 4.78 is 1.87. The van der Waals surface area contributed by atoms with E-state index in [1.807, 2.05) is 17.9 Å². The Balaban J connectivity index is 2.86. The molecular formula is C12H18Br2N2OS. The molecule has 0 aliphatic rings. The number of nitrogens with zero attached hydrogens (tertiary/aromatic N) is 1. The number of carbonyl (C=O) groups is 1. The van der Waals surface area contributed by atoms with Crippen LogP contribution >= 0.6 is 43.2 Å². The van der Waals surface area contributed by atoms with E-state index in [1.54, 1.807) is 0 Å². The lowest BCUT2D eigenvalue weighted by molar-refractivity contribution is 0.0705. The Morgan fingerprint density at radius 1 is 1.50 bits per heavy atom. The second-order valence-electron chi connectivity index (χ2n) is 4.92. The molecule has 2 N–H and O–H groups in total. The smallest absolute Gasteiger partial charge is 0.264 e. The fourth-order valence-corrected chi connectivity index (χ4v) is 3.52. The van der Waals surface area contributed by atoms with Crippen LogP contribution in [0.2, 0.25) is 0 Å². The van der Waals surface area contributed by atoms with E-state index in [4.69, 9.17) is 5.73 Å². The van der Waals surface area contributed by atoms with Crippen LogP contribution in [-0.4, -0.2) is 30.4 Å². The van der Waals surface area contributed by atoms with Crippen molar-refractivity contribution in [2.45, 2.75) is 20.8 Å². The third kappa shape index (κ3) is 4.05. The third-order valence-electron chi connectivity index (χ3n) is 2.70. The summed E-state index contributed by atoms with van der Waals surface area (Å²) in [6.45, 7) is 8.06. The van der Waals surface area contributed by atoms with Gasteiger partial charge in [-0.15, -0.1) is 11.3 Å². The maximum Gasteiger partial charge on any atom is 0.264 e. The van der Waals surface area contributed by atoms with E-state index in [-0.39, 0.29) is 11.3 Å². The minimum atomic E-state index is -0.0581. The normalized spacial score (nSPS) is 11.7. The van der Waals surface area contributed by atoms with Crippen molar-refractivity contribution in [3.8, 4) is 0 Å². The molecule has 0 aliphatic carbocycles. The van der Waals surface area contributed by atoms with Crippen molar-refractivity contribution in [3.05, 3.63) is 19.2 Å². The molecule has 6 heteroatoms. The highest BCUT2D eigenvalue weighted by Crippen LogP contribution is 2.33. The maximum atomic E-state index is 12.4. The predicted octanol–water partition coefficient (Wildman–Crippen LogP) is 3.72. The van der Waals surface area contributed by atoms with Crippen LogP contribution in [-0.2, 0) is 0 Å². The van der Waals surface area contributed by atoms with E-state index in [2.05, 4.69) is 45.7 Å². The second kappa shape index (κ2) is 6.50. The zero-order valence-corrected chi connectivity index (χ0v) is 14.8. The van der Waals surface area contributed by atoms with Crippen LogP contribution in [0.3, 0.4) is 0 Å². The van der Waals surface area contributed by atoms with Crippen LogP contribution in [0.1, 0.15) is 30.4 Å². The second-order valence-corrected chi connectivity index (χ2v) is 8.14. The molecule has 0 saturated heterocycles. The first-order chi connectivity index (χ1) is 8.30. The molecule has 0 spiro atoms. The van der Waals surface area contributed by atoms with Gasteiger partial charge in [-0.25, -0.2) is 0 Å². The van der Waals surface area contributed by atoms with E-state index in [0.717, 1.165) is 13.1 Å². The molecule has 0 atom stereocenters. The zero-order valence-electron chi connectivity index (χ0n) is 10.8. The van der Waals surface area contributed by atoms with Gasteiger partial charge in [0.15, 0.2) is 0 Å². The number of hydrogen-bond acceptors (Lipinski definition) is 3. The van der Waals surface area contributed by atoms with Gasteiger partial charge in [0.05, 0.1) is 8.66 Å². The van der Waals surface area contributed by atoms with Crippen LogP contribution in [0.5, 0.6) is 0 Å². The van der Waals surface area contributed by atoms with Crippen molar-refractivity contribution in [2.24, 2.45) is 11.1 Å². The number of nitrogens with two attached hydrogens (primary N) is 1. The fourth-order valence-electron chi connectivity index (χ4n) is 1.52. The number of amides is 1. The van der Waals surface area contributed by atoms with Crippen LogP contribution in [0.15, 0.2) is 14.3 Å². The molecule has 18 heavy (non-hydrogen) atoms. The average Bonchev–Trinajstić information content (AvgIpc) is 2.66. The first-order valence-electron chi connectivity index (χ1n) is 5.75. The molecule has 0 unspecified atom stereocenters. The summed E-state index contributed by atoms with van der Waals surface area (Å²) in [6, 6.07) is 1.86. The van der Waals surface area contributed by atoms with Crippen molar-refractivity contribution in [1.29, 1.82) is 0 Å². The summed E-state index contributed by atoms with van der Waals surface area (Å²) in [7, 11) is 0. The van der Waals surface area contributed by atoms with Crippen molar-refractivity contribution in [3.63, 3.8) is 0 Å². The predicted molar refractivity (Wildman–Crippen MR) is 84.1 cm³/mol. The number of halogens is 2. The number of carbonyl (C=O) groups excluding carboxylic acids is 1. The molecule has 1 heterocycles. The van der Waals surface area contributed by atoms with Gasteiger partial charge in [-0.3, -0.25) is 4.79 Å². The molecule has 0 fully saturated rings. The molecule has 1 aromatic heterocycles. The van der Waals surface area contributed by atoms with Gasteiger partial charge in [0, 0.05) is 17.6 Å². The number of rotatable bonds is 5. The summed E-state index contributed by atoms with van der Waals surface area (Å²) in [6.07, 6.45) is 0. The molecule has 0 aromatic carbocycles. The molecule has 0 bridgehead atoms. The first kappa shape index (κ1) is 16.1. The summed E-state index contributed by atoms with van der Waals surface area (Å²) in [5.41, 5.74) is 5.67. The van der Waals surface area contributed by atoms with Crippen LogP contribution in [0.4, 0.5) is 0 Å². The van der Waals surface area contributed by atoms with Crippen molar-refractivity contribution in [1.82, 2.24) is 4.90 Å². The monoisotopic (exact) mass is 396 g/mol. The van der Waals surface area contributed by atoms with Crippen LogP contribution in [0, 0.1) is 5.41 Å². The summed E-state index contributed by atoms with van der Waals surface area (Å²) in [5, 5.41) is 0. The number of hydrogen-bond donors (Lipinski definition) is 1. The van der Waals surface area contributed by atoms with Crippen LogP contribution in [0.25, 0.3) is 0 Å². The fraction of sp³-hybridized carbons (Fsp3) is 0.583. The van der Waals surface area contributed by atoms with Crippen molar-refractivity contribution in [2.75, 3.05) is 19.6 Å². The van der Waals surface area contributed by atoms with Crippen molar-refractivity contribution >= 4 is 49.1 Å². The molecule has 0 radical (unpaired) electrons. The molecule has 1 aromatic rings. The molecule has 0 aliphatic heterocycles. The molecule has 1 rings (SSSR count). The first-order valence-corrected chi connectivity index (χ1v) is 8.15. The SMILES string of the molecule is CCN(CC(C)(C)CN)C(=O)c1cc(Br)c(Br)s1. The summed E-state index contributed by atoms with van der Waals surface area (Å²) in [4.78, 5) is 15.0. The Morgan fingerprint density at radius 2 is 2.11 bits per heavy atom. The molecule has 102 valence electrons. The largest absolute Gasteiger partial charge is 0.338 e. The Kier molecular flexibility index (Phi) is 5.83. The molecule has 3 nitrogen and oxygen atoms in total. The Labute approximate surface area is 129 Å². The lowest BCUT2D eigenvalue weighted by Gasteiger charge is -2.30. The lowest BCUT2D eigenvalue weighted by atomic mass is 9.93. The highest BCUT2D eigenvalue weighted by molar-refractivity contribution is 9.13. The van der Waals surface area contributed by atoms with E-state index < -0.39 is 0 Å². The minimum Gasteiger partial charge on any atom is -0.338 e. The van der Waals surface area contributed by atoms with Gasteiger partial charge < -0.3 is 10.6 Å². The summed E-state index contributed by atoms with van der Waals surface area (Å²) >= 11 is 8.26. The Hall–Kier alpha value is 0.0900.